The van der Waals surface area contributed by atoms with E-state index in [2.05, 4.69) is 5.32 Å². The SMILES string of the molecule is Cc1ccc(NC(=O)[C@H](C#N)C(=O)[C@H](C)Oc2ccccc2C#N)cc1. The lowest BCUT2D eigenvalue weighted by Gasteiger charge is -2.17. The van der Waals surface area contributed by atoms with Crippen LogP contribution < -0.4 is 10.1 Å². The zero-order valence-corrected chi connectivity index (χ0v) is 14.4. The van der Waals surface area contributed by atoms with Crippen molar-refractivity contribution in [3.8, 4) is 17.9 Å². The molecule has 0 bridgehead atoms. The normalized spacial score (nSPS) is 12.2. The molecule has 0 radical (unpaired) electrons. The van der Waals surface area contributed by atoms with Crippen molar-refractivity contribution in [3.05, 3.63) is 59.7 Å². The smallest absolute Gasteiger partial charge is 0.249 e. The van der Waals surface area contributed by atoms with Gasteiger partial charge in [0.05, 0.1) is 11.6 Å². The van der Waals surface area contributed by atoms with Crippen LogP contribution in [0.3, 0.4) is 0 Å². The Morgan fingerprint density at radius 3 is 2.35 bits per heavy atom. The van der Waals surface area contributed by atoms with Crippen molar-refractivity contribution in [1.29, 1.82) is 10.5 Å². The minimum absolute atomic E-state index is 0.228. The summed E-state index contributed by atoms with van der Waals surface area (Å²) in [6.45, 7) is 3.35. The molecule has 0 aliphatic heterocycles. The van der Waals surface area contributed by atoms with Crippen LogP contribution in [0.2, 0.25) is 0 Å². The minimum atomic E-state index is -1.51. The van der Waals surface area contributed by atoms with E-state index in [1.807, 2.05) is 25.1 Å². The third-order valence-corrected chi connectivity index (χ3v) is 3.71. The van der Waals surface area contributed by atoms with Crippen LogP contribution in [-0.4, -0.2) is 17.8 Å². The molecule has 0 saturated heterocycles. The van der Waals surface area contributed by atoms with Gasteiger partial charge in [-0.1, -0.05) is 29.8 Å². The van der Waals surface area contributed by atoms with Gasteiger partial charge in [0, 0.05) is 5.69 Å². The molecule has 0 aromatic heterocycles. The van der Waals surface area contributed by atoms with Crippen molar-refractivity contribution in [2.45, 2.75) is 20.0 Å². The Hall–Kier alpha value is -3.64. The number of rotatable bonds is 6. The highest BCUT2D eigenvalue weighted by Crippen LogP contribution is 2.20. The van der Waals surface area contributed by atoms with Crippen LogP contribution in [-0.2, 0) is 9.59 Å². The van der Waals surface area contributed by atoms with Crippen molar-refractivity contribution in [3.63, 3.8) is 0 Å². The Morgan fingerprint density at radius 1 is 1.08 bits per heavy atom. The van der Waals surface area contributed by atoms with E-state index in [0.717, 1.165) is 5.56 Å². The first-order valence-electron chi connectivity index (χ1n) is 7.93. The summed E-state index contributed by atoms with van der Waals surface area (Å²) in [5.74, 6) is -2.68. The molecule has 0 aliphatic carbocycles. The number of nitrogens with zero attached hydrogens (tertiary/aromatic N) is 2. The van der Waals surface area contributed by atoms with Crippen LogP contribution in [0.25, 0.3) is 0 Å². The molecule has 2 aromatic rings. The van der Waals surface area contributed by atoms with Gasteiger partial charge in [0.1, 0.15) is 11.8 Å². The van der Waals surface area contributed by atoms with Crippen molar-refractivity contribution in [2.24, 2.45) is 5.92 Å². The zero-order valence-electron chi connectivity index (χ0n) is 14.4. The highest BCUT2D eigenvalue weighted by Gasteiger charge is 2.32. The topological polar surface area (TPSA) is 103 Å². The van der Waals surface area contributed by atoms with Gasteiger partial charge in [-0.3, -0.25) is 9.59 Å². The first-order chi connectivity index (χ1) is 12.5. The number of anilines is 1. The summed E-state index contributed by atoms with van der Waals surface area (Å²) < 4.78 is 5.49. The van der Waals surface area contributed by atoms with Crippen molar-refractivity contribution < 1.29 is 14.3 Å². The predicted octanol–water partition coefficient (Wildman–Crippen LogP) is 2.98. The van der Waals surface area contributed by atoms with Crippen LogP contribution in [0, 0.1) is 35.5 Å². The monoisotopic (exact) mass is 347 g/mol. The number of ether oxygens (including phenoxy) is 1. The van der Waals surface area contributed by atoms with Gasteiger partial charge >= 0.3 is 0 Å². The number of ketones is 1. The second-order valence-electron chi connectivity index (χ2n) is 5.69. The van der Waals surface area contributed by atoms with Crippen molar-refractivity contribution >= 4 is 17.4 Å². The fraction of sp³-hybridized carbons (Fsp3) is 0.200. The molecule has 0 unspecified atom stereocenters. The maximum Gasteiger partial charge on any atom is 0.249 e. The highest BCUT2D eigenvalue weighted by molar-refractivity contribution is 6.10. The first kappa shape index (κ1) is 18.7. The van der Waals surface area contributed by atoms with E-state index in [1.54, 1.807) is 42.5 Å². The number of Topliss-reactive ketones (excluding diaryl/α,β-unsaturated/α-hetero) is 1. The Kier molecular flexibility index (Phi) is 6.08. The summed E-state index contributed by atoms with van der Waals surface area (Å²) in [6, 6.07) is 17.1. The lowest BCUT2D eigenvalue weighted by molar-refractivity contribution is -0.133. The third-order valence-electron chi connectivity index (χ3n) is 3.71. The number of nitriles is 2. The molecule has 6 nitrogen and oxygen atoms in total. The average molecular weight is 347 g/mol. The van der Waals surface area contributed by atoms with Crippen LogP contribution >= 0.6 is 0 Å². The lowest BCUT2D eigenvalue weighted by Crippen LogP contribution is -2.37. The molecule has 0 spiro atoms. The largest absolute Gasteiger partial charge is 0.482 e. The van der Waals surface area contributed by atoms with Gasteiger partial charge in [-0.25, -0.2) is 0 Å². The minimum Gasteiger partial charge on any atom is -0.482 e. The number of amides is 1. The number of para-hydroxylation sites is 1. The summed E-state index contributed by atoms with van der Waals surface area (Å²) in [5.41, 5.74) is 1.79. The maximum absolute atomic E-state index is 12.5. The van der Waals surface area contributed by atoms with E-state index in [1.165, 1.54) is 6.92 Å². The molecule has 2 atom stereocenters. The molecule has 1 amide bonds. The van der Waals surface area contributed by atoms with Gasteiger partial charge in [0.25, 0.3) is 0 Å². The van der Waals surface area contributed by atoms with Crippen LogP contribution in [0.4, 0.5) is 5.69 Å². The number of hydrogen-bond acceptors (Lipinski definition) is 5. The fourth-order valence-electron chi connectivity index (χ4n) is 2.25. The first-order valence-corrected chi connectivity index (χ1v) is 7.93. The molecule has 6 heteroatoms. The quantitative estimate of drug-likeness (QED) is 0.809. The van der Waals surface area contributed by atoms with Crippen LogP contribution in [0.5, 0.6) is 5.75 Å². The van der Waals surface area contributed by atoms with E-state index in [-0.39, 0.29) is 11.3 Å². The maximum atomic E-state index is 12.5. The van der Waals surface area contributed by atoms with Crippen molar-refractivity contribution in [2.75, 3.05) is 5.32 Å². The lowest BCUT2D eigenvalue weighted by atomic mass is 10.0. The summed E-state index contributed by atoms with van der Waals surface area (Å²) >= 11 is 0. The molecule has 0 fully saturated rings. The standard InChI is InChI=1S/C20H17N3O3/c1-13-7-9-16(10-8-13)23-20(25)17(12-22)19(24)14(2)26-18-6-4-3-5-15(18)11-21/h3-10,14,17H,1-2H3,(H,23,25)/t14-,17+/m0/s1. The van der Waals surface area contributed by atoms with E-state index in [9.17, 15) is 14.9 Å². The molecule has 2 rings (SSSR count). The van der Waals surface area contributed by atoms with Gasteiger partial charge in [-0.05, 0) is 38.1 Å². The van der Waals surface area contributed by atoms with Crippen LogP contribution in [0.1, 0.15) is 18.1 Å². The van der Waals surface area contributed by atoms with Gasteiger partial charge in [-0.15, -0.1) is 0 Å². The second-order valence-corrected chi connectivity index (χ2v) is 5.69. The van der Waals surface area contributed by atoms with E-state index in [0.29, 0.717) is 5.69 Å². The predicted molar refractivity (Wildman–Crippen MR) is 95.2 cm³/mol. The number of nitrogens with one attached hydrogen (secondary N) is 1. The molecule has 0 heterocycles. The zero-order chi connectivity index (χ0) is 19.1. The molecule has 0 saturated carbocycles. The van der Waals surface area contributed by atoms with E-state index in [4.69, 9.17) is 10.00 Å². The summed E-state index contributed by atoms with van der Waals surface area (Å²) in [4.78, 5) is 24.8. The number of carbonyl (C=O) groups is 2. The Morgan fingerprint density at radius 2 is 1.73 bits per heavy atom. The van der Waals surface area contributed by atoms with E-state index < -0.39 is 23.7 Å². The average Bonchev–Trinajstić information content (AvgIpc) is 2.64. The number of benzene rings is 2. The Bertz CT molecular complexity index is 892. The summed E-state index contributed by atoms with van der Waals surface area (Å²) in [7, 11) is 0. The molecule has 1 N–H and O–H groups in total. The molecule has 0 aliphatic rings. The van der Waals surface area contributed by atoms with Gasteiger partial charge in [0.15, 0.2) is 17.8 Å². The summed E-state index contributed by atoms with van der Waals surface area (Å²) in [6.07, 6.45) is -1.06. The molecular formula is C20H17N3O3. The number of aryl methyl sites for hydroxylation is 1. The van der Waals surface area contributed by atoms with Gasteiger partial charge < -0.3 is 10.1 Å². The second kappa shape index (κ2) is 8.46. The van der Waals surface area contributed by atoms with Crippen molar-refractivity contribution in [1.82, 2.24) is 0 Å². The van der Waals surface area contributed by atoms with Crippen LogP contribution in [0.15, 0.2) is 48.5 Å². The van der Waals surface area contributed by atoms with Gasteiger partial charge in [0.2, 0.25) is 5.91 Å². The number of hydrogen-bond donors (Lipinski definition) is 1. The number of carbonyl (C=O) groups excluding carboxylic acids is 2. The summed E-state index contributed by atoms with van der Waals surface area (Å²) in [5, 5.41) is 20.9. The Labute approximate surface area is 151 Å². The molecule has 2 aromatic carbocycles. The van der Waals surface area contributed by atoms with Gasteiger partial charge in [-0.2, -0.15) is 10.5 Å². The highest BCUT2D eigenvalue weighted by atomic mass is 16.5. The molecule has 130 valence electrons. The van der Waals surface area contributed by atoms with E-state index >= 15 is 0 Å². The Balaban J connectivity index is 2.09. The third kappa shape index (κ3) is 4.46. The molecular weight excluding hydrogens is 330 g/mol. The fourth-order valence-corrected chi connectivity index (χ4v) is 2.25. The molecule has 26 heavy (non-hydrogen) atoms.